The van der Waals surface area contributed by atoms with Gasteiger partial charge in [-0.2, -0.15) is 0 Å². The van der Waals surface area contributed by atoms with Crippen LogP contribution in [-0.2, 0) is 0 Å². The molecule has 0 spiro atoms. The van der Waals surface area contributed by atoms with Crippen LogP contribution in [0.1, 0.15) is 60.8 Å². The van der Waals surface area contributed by atoms with Crippen LogP contribution in [0.15, 0.2) is 0 Å². The summed E-state index contributed by atoms with van der Waals surface area (Å²) in [6.07, 6.45) is 3.74. The van der Waals surface area contributed by atoms with Crippen LogP contribution in [0, 0.1) is 0 Å². The molecule has 0 aliphatic carbocycles. The molecule has 0 aromatic rings. The highest BCUT2D eigenvalue weighted by molar-refractivity contribution is 4.98. The van der Waals surface area contributed by atoms with Crippen molar-refractivity contribution in [3.05, 3.63) is 0 Å². The van der Waals surface area contributed by atoms with Crippen molar-refractivity contribution in [1.29, 1.82) is 0 Å². The Labute approximate surface area is 102 Å². The lowest BCUT2D eigenvalue weighted by Gasteiger charge is -2.52. The highest BCUT2D eigenvalue weighted by atomic mass is 15.3. The van der Waals surface area contributed by atoms with Gasteiger partial charge in [-0.05, 0) is 40.0 Å². The van der Waals surface area contributed by atoms with Gasteiger partial charge in [0.1, 0.15) is 0 Å². The SMILES string of the molecule is CCC1CNC(C)(C)CN1C(C)(CC)CC. The predicted octanol–water partition coefficient (Wildman–Crippen LogP) is 3.03. The minimum absolute atomic E-state index is 0.261. The number of nitrogens with one attached hydrogen (secondary N) is 1. The molecule has 96 valence electrons. The van der Waals surface area contributed by atoms with Crippen molar-refractivity contribution in [2.75, 3.05) is 13.1 Å². The minimum atomic E-state index is 0.261. The topological polar surface area (TPSA) is 15.3 Å². The van der Waals surface area contributed by atoms with E-state index in [1.165, 1.54) is 25.8 Å². The van der Waals surface area contributed by atoms with Crippen LogP contribution < -0.4 is 5.32 Å². The fraction of sp³-hybridized carbons (Fsp3) is 1.00. The molecule has 1 aliphatic heterocycles. The normalized spacial score (nSPS) is 27.0. The highest BCUT2D eigenvalue weighted by Crippen LogP contribution is 2.30. The lowest BCUT2D eigenvalue weighted by atomic mass is 9.86. The summed E-state index contributed by atoms with van der Waals surface area (Å²) in [5.74, 6) is 0. The Morgan fingerprint density at radius 2 is 1.81 bits per heavy atom. The molecular weight excluding hydrogens is 196 g/mol. The lowest BCUT2D eigenvalue weighted by molar-refractivity contribution is -0.00608. The molecule has 0 radical (unpaired) electrons. The van der Waals surface area contributed by atoms with E-state index in [1.54, 1.807) is 0 Å². The molecule has 1 unspecified atom stereocenters. The summed E-state index contributed by atoms with van der Waals surface area (Å²) in [5.41, 5.74) is 0.636. The average molecular weight is 226 g/mol. The molecule has 16 heavy (non-hydrogen) atoms. The second kappa shape index (κ2) is 5.05. The fourth-order valence-electron chi connectivity index (χ4n) is 2.77. The van der Waals surface area contributed by atoms with Crippen LogP contribution in [0.25, 0.3) is 0 Å². The Balaban J connectivity index is 2.87. The van der Waals surface area contributed by atoms with Gasteiger partial charge in [-0.25, -0.2) is 0 Å². The van der Waals surface area contributed by atoms with Crippen LogP contribution >= 0.6 is 0 Å². The van der Waals surface area contributed by atoms with Crippen LogP contribution in [0.3, 0.4) is 0 Å². The zero-order valence-corrected chi connectivity index (χ0v) is 12.1. The molecule has 1 heterocycles. The number of hydrogen-bond acceptors (Lipinski definition) is 2. The van der Waals surface area contributed by atoms with Gasteiger partial charge in [-0.15, -0.1) is 0 Å². The first-order valence-electron chi connectivity index (χ1n) is 6.90. The van der Waals surface area contributed by atoms with E-state index in [0.29, 0.717) is 11.6 Å². The van der Waals surface area contributed by atoms with Gasteiger partial charge in [-0.1, -0.05) is 20.8 Å². The third kappa shape index (κ3) is 2.78. The molecule has 1 atom stereocenters. The van der Waals surface area contributed by atoms with Gasteiger partial charge in [0.05, 0.1) is 0 Å². The van der Waals surface area contributed by atoms with Crippen molar-refractivity contribution >= 4 is 0 Å². The lowest BCUT2D eigenvalue weighted by Crippen LogP contribution is -2.66. The van der Waals surface area contributed by atoms with Gasteiger partial charge in [0.2, 0.25) is 0 Å². The molecule has 2 nitrogen and oxygen atoms in total. The maximum atomic E-state index is 3.67. The van der Waals surface area contributed by atoms with E-state index in [-0.39, 0.29) is 5.54 Å². The van der Waals surface area contributed by atoms with E-state index in [2.05, 4.69) is 51.8 Å². The molecule has 1 fully saturated rings. The maximum absolute atomic E-state index is 3.67. The summed E-state index contributed by atoms with van der Waals surface area (Å²) in [4.78, 5) is 2.75. The quantitative estimate of drug-likeness (QED) is 0.792. The van der Waals surface area contributed by atoms with Gasteiger partial charge in [0.25, 0.3) is 0 Å². The number of rotatable bonds is 4. The Kier molecular flexibility index (Phi) is 4.42. The first-order valence-corrected chi connectivity index (χ1v) is 6.90. The predicted molar refractivity (Wildman–Crippen MR) is 71.9 cm³/mol. The molecule has 0 bridgehead atoms. The molecule has 1 rings (SSSR count). The van der Waals surface area contributed by atoms with E-state index in [1.807, 2.05) is 0 Å². The van der Waals surface area contributed by atoms with Crippen LogP contribution in [0.4, 0.5) is 0 Å². The van der Waals surface area contributed by atoms with E-state index < -0.39 is 0 Å². The molecule has 2 heteroatoms. The van der Waals surface area contributed by atoms with Crippen LogP contribution in [0.5, 0.6) is 0 Å². The monoisotopic (exact) mass is 226 g/mol. The van der Waals surface area contributed by atoms with E-state index >= 15 is 0 Å². The Hall–Kier alpha value is -0.0800. The first-order chi connectivity index (χ1) is 7.38. The van der Waals surface area contributed by atoms with Gasteiger partial charge >= 0.3 is 0 Å². The van der Waals surface area contributed by atoms with Gasteiger partial charge in [0, 0.05) is 30.2 Å². The van der Waals surface area contributed by atoms with Crippen LogP contribution in [0.2, 0.25) is 0 Å². The molecule has 1 saturated heterocycles. The Morgan fingerprint density at radius 3 is 2.25 bits per heavy atom. The molecule has 1 N–H and O–H groups in total. The zero-order chi connectivity index (χ0) is 12.4. The second-order valence-electron chi connectivity index (χ2n) is 6.16. The molecule has 0 saturated carbocycles. The zero-order valence-electron chi connectivity index (χ0n) is 12.1. The Morgan fingerprint density at radius 1 is 1.25 bits per heavy atom. The molecule has 0 aromatic carbocycles. The summed E-state index contributed by atoms with van der Waals surface area (Å²) in [6.45, 7) is 16.3. The summed E-state index contributed by atoms with van der Waals surface area (Å²) >= 11 is 0. The fourth-order valence-corrected chi connectivity index (χ4v) is 2.77. The third-order valence-electron chi connectivity index (χ3n) is 4.51. The molecular formula is C14H30N2. The summed E-state index contributed by atoms with van der Waals surface area (Å²) in [7, 11) is 0. The number of piperazine rings is 1. The average Bonchev–Trinajstić information content (AvgIpc) is 2.27. The van der Waals surface area contributed by atoms with Crippen molar-refractivity contribution in [3.63, 3.8) is 0 Å². The standard InChI is InChI=1S/C14H30N2/c1-7-12-10-15-13(4,5)11-16(12)14(6,8-2)9-3/h12,15H,7-11H2,1-6H3. The largest absolute Gasteiger partial charge is 0.309 e. The smallest absolute Gasteiger partial charge is 0.0253 e. The van der Waals surface area contributed by atoms with E-state index in [0.717, 1.165) is 6.54 Å². The highest BCUT2D eigenvalue weighted by Gasteiger charge is 2.39. The Bertz CT molecular complexity index is 219. The third-order valence-corrected chi connectivity index (χ3v) is 4.51. The van der Waals surface area contributed by atoms with Gasteiger partial charge < -0.3 is 5.32 Å². The van der Waals surface area contributed by atoms with Gasteiger partial charge in [0.15, 0.2) is 0 Å². The minimum Gasteiger partial charge on any atom is -0.309 e. The van der Waals surface area contributed by atoms with Crippen molar-refractivity contribution in [2.45, 2.75) is 77.9 Å². The van der Waals surface area contributed by atoms with Crippen molar-refractivity contribution in [3.8, 4) is 0 Å². The molecule has 1 aliphatic rings. The maximum Gasteiger partial charge on any atom is 0.0253 e. The summed E-state index contributed by atoms with van der Waals surface area (Å²) in [5, 5.41) is 3.67. The molecule has 0 aromatic heterocycles. The first kappa shape index (κ1) is 14.0. The van der Waals surface area contributed by atoms with E-state index in [4.69, 9.17) is 0 Å². The van der Waals surface area contributed by atoms with E-state index in [9.17, 15) is 0 Å². The molecule has 0 amide bonds. The van der Waals surface area contributed by atoms with Gasteiger partial charge in [-0.3, -0.25) is 4.90 Å². The van der Waals surface area contributed by atoms with Crippen molar-refractivity contribution in [1.82, 2.24) is 10.2 Å². The van der Waals surface area contributed by atoms with Crippen molar-refractivity contribution < 1.29 is 0 Å². The number of hydrogen-bond donors (Lipinski definition) is 1. The second-order valence-corrected chi connectivity index (χ2v) is 6.16. The summed E-state index contributed by atoms with van der Waals surface area (Å²) < 4.78 is 0. The van der Waals surface area contributed by atoms with Crippen LogP contribution in [-0.4, -0.2) is 35.1 Å². The number of nitrogens with zero attached hydrogens (tertiary/aromatic N) is 1. The van der Waals surface area contributed by atoms with Crippen molar-refractivity contribution in [2.24, 2.45) is 0 Å². The summed E-state index contributed by atoms with van der Waals surface area (Å²) in [6, 6.07) is 0.706.